The molecular formula is C9H16N4. The maximum Gasteiger partial charge on any atom is 0.128 e. The van der Waals surface area contributed by atoms with Gasteiger partial charge in [0.05, 0.1) is 12.5 Å². The van der Waals surface area contributed by atoms with Crippen molar-refractivity contribution in [2.45, 2.75) is 0 Å². The van der Waals surface area contributed by atoms with Crippen LogP contribution in [0.15, 0.2) is 12.5 Å². The number of nitrogens with zero attached hydrogens (tertiary/aromatic N) is 4. The summed E-state index contributed by atoms with van der Waals surface area (Å²) >= 11 is 0. The van der Waals surface area contributed by atoms with E-state index < -0.39 is 0 Å². The first-order chi connectivity index (χ1) is 6.27. The van der Waals surface area contributed by atoms with Crippen LogP contribution in [0.3, 0.4) is 0 Å². The lowest BCUT2D eigenvalue weighted by Crippen LogP contribution is -2.45. The summed E-state index contributed by atoms with van der Waals surface area (Å²) in [6.45, 7) is 4.50. The predicted octanol–water partition coefficient (Wildman–Crippen LogP) is 0.172. The molecule has 1 aliphatic rings. The lowest BCUT2D eigenvalue weighted by atomic mass is 10.3. The van der Waals surface area contributed by atoms with Gasteiger partial charge in [-0.15, -0.1) is 0 Å². The highest BCUT2D eigenvalue weighted by atomic mass is 15.3. The van der Waals surface area contributed by atoms with Gasteiger partial charge in [0.2, 0.25) is 0 Å². The molecule has 2 heterocycles. The molecule has 1 aliphatic heterocycles. The number of piperazine rings is 1. The molecule has 72 valence electrons. The minimum Gasteiger partial charge on any atom is -0.354 e. The fraction of sp³-hybridized carbons (Fsp3) is 0.667. The molecule has 0 atom stereocenters. The first-order valence-corrected chi connectivity index (χ1v) is 4.67. The molecule has 1 fully saturated rings. The monoisotopic (exact) mass is 180 g/mol. The molecule has 2 rings (SSSR count). The van der Waals surface area contributed by atoms with Crippen LogP contribution >= 0.6 is 0 Å². The Labute approximate surface area is 78.8 Å². The van der Waals surface area contributed by atoms with E-state index in [2.05, 4.69) is 26.4 Å². The van der Waals surface area contributed by atoms with Crippen molar-refractivity contribution < 1.29 is 0 Å². The molecule has 1 aromatic rings. The van der Waals surface area contributed by atoms with E-state index in [4.69, 9.17) is 0 Å². The van der Waals surface area contributed by atoms with Crippen LogP contribution in [0.1, 0.15) is 0 Å². The molecule has 0 bridgehead atoms. The Morgan fingerprint density at radius 1 is 1.15 bits per heavy atom. The summed E-state index contributed by atoms with van der Waals surface area (Å²) in [7, 11) is 4.21. The molecule has 0 radical (unpaired) electrons. The predicted molar refractivity (Wildman–Crippen MR) is 52.9 cm³/mol. The van der Waals surface area contributed by atoms with E-state index in [1.165, 1.54) is 5.82 Å². The van der Waals surface area contributed by atoms with E-state index in [-0.39, 0.29) is 0 Å². The van der Waals surface area contributed by atoms with E-state index in [1.54, 1.807) is 0 Å². The molecule has 0 spiro atoms. The average molecular weight is 180 g/mol. The first-order valence-electron chi connectivity index (χ1n) is 4.67. The van der Waals surface area contributed by atoms with Crippen molar-refractivity contribution in [1.29, 1.82) is 0 Å². The van der Waals surface area contributed by atoms with Crippen LogP contribution in [-0.2, 0) is 7.05 Å². The summed E-state index contributed by atoms with van der Waals surface area (Å²) in [6.07, 6.45) is 3.79. The zero-order valence-electron chi connectivity index (χ0n) is 8.27. The molecule has 0 saturated carbocycles. The smallest absolute Gasteiger partial charge is 0.128 e. The van der Waals surface area contributed by atoms with Gasteiger partial charge in [0.1, 0.15) is 5.82 Å². The van der Waals surface area contributed by atoms with Crippen molar-refractivity contribution >= 4 is 5.82 Å². The maximum atomic E-state index is 4.12. The standard InChI is InChI=1S/C9H16N4/c1-11-3-5-13(6-4-11)9-7-10-8-12(9)2/h7-8H,3-6H2,1-2H3. The quantitative estimate of drug-likeness (QED) is 0.616. The minimum absolute atomic E-state index is 1.11. The molecule has 4 nitrogen and oxygen atoms in total. The van der Waals surface area contributed by atoms with Crippen LogP contribution in [-0.4, -0.2) is 47.7 Å². The van der Waals surface area contributed by atoms with Crippen molar-refractivity contribution in [3.63, 3.8) is 0 Å². The first kappa shape index (κ1) is 8.56. The number of rotatable bonds is 1. The fourth-order valence-electron chi connectivity index (χ4n) is 1.69. The van der Waals surface area contributed by atoms with Crippen molar-refractivity contribution in [2.24, 2.45) is 7.05 Å². The number of likely N-dealkylation sites (N-methyl/N-ethyl adjacent to an activating group) is 1. The van der Waals surface area contributed by atoms with E-state index in [1.807, 2.05) is 19.6 Å². The van der Waals surface area contributed by atoms with Crippen molar-refractivity contribution in [1.82, 2.24) is 14.5 Å². The zero-order chi connectivity index (χ0) is 9.26. The molecule has 1 aromatic heterocycles. The minimum atomic E-state index is 1.11. The van der Waals surface area contributed by atoms with E-state index in [0.29, 0.717) is 0 Å². The molecule has 1 saturated heterocycles. The van der Waals surface area contributed by atoms with Crippen molar-refractivity contribution in [2.75, 3.05) is 38.1 Å². The maximum absolute atomic E-state index is 4.12. The number of hydrogen-bond acceptors (Lipinski definition) is 3. The van der Waals surface area contributed by atoms with Gasteiger partial charge in [0.15, 0.2) is 0 Å². The Morgan fingerprint density at radius 3 is 2.38 bits per heavy atom. The number of anilines is 1. The second kappa shape index (κ2) is 3.38. The van der Waals surface area contributed by atoms with E-state index in [0.717, 1.165) is 26.2 Å². The van der Waals surface area contributed by atoms with Crippen LogP contribution < -0.4 is 4.90 Å². The SMILES string of the molecule is CN1CCN(c2cncn2C)CC1. The molecule has 0 amide bonds. The molecule has 0 aliphatic carbocycles. The summed E-state index contributed by atoms with van der Waals surface area (Å²) in [6, 6.07) is 0. The van der Waals surface area contributed by atoms with Gasteiger partial charge >= 0.3 is 0 Å². The van der Waals surface area contributed by atoms with Gasteiger partial charge < -0.3 is 14.4 Å². The van der Waals surface area contributed by atoms with Crippen LogP contribution in [0.2, 0.25) is 0 Å². The van der Waals surface area contributed by atoms with Gasteiger partial charge in [0.25, 0.3) is 0 Å². The fourth-order valence-corrected chi connectivity index (χ4v) is 1.69. The van der Waals surface area contributed by atoms with Gasteiger partial charge in [-0.25, -0.2) is 4.98 Å². The van der Waals surface area contributed by atoms with Crippen LogP contribution in [0.5, 0.6) is 0 Å². The summed E-state index contributed by atoms with van der Waals surface area (Å²) in [5, 5.41) is 0. The van der Waals surface area contributed by atoms with Crippen molar-refractivity contribution in [3.8, 4) is 0 Å². The highest BCUT2D eigenvalue weighted by molar-refractivity contribution is 5.37. The third-order valence-corrected chi connectivity index (χ3v) is 2.62. The summed E-state index contributed by atoms with van der Waals surface area (Å²) < 4.78 is 2.07. The Kier molecular flexibility index (Phi) is 2.22. The van der Waals surface area contributed by atoms with Crippen LogP contribution in [0, 0.1) is 0 Å². The van der Waals surface area contributed by atoms with Crippen LogP contribution in [0.25, 0.3) is 0 Å². The Balaban J connectivity index is 2.06. The summed E-state index contributed by atoms with van der Waals surface area (Å²) in [5.41, 5.74) is 0. The average Bonchev–Trinajstić information content (AvgIpc) is 2.53. The van der Waals surface area contributed by atoms with Gasteiger partial charge in [-0.3, -0.25) is 0 Å². The zero-order valence-corrected chi connectivity index (χ0v) is 8.27. The highest BCUT2D eigenvalue weighted by Gasteiger charge is 2.15. The lowest BCUT2D eigenvalue weighted by Gasteiger charge is -2.33. The molecule has 0 unspecified atom stereocenters. The van der Waals surface area contributed by atoms with Crippen molar-refractivity contribution in [3.05, 3.63) is 12.5 Å². The van der Waals surface area contributed by atoms with E-state index >= 15 is 0 Å². The highest BCUT2D eigenvalue weighted by Crippen LogP contribution is 2.13. The number of hydrogen-bond donors (Lipinski definition) is 0. The van der Waals surface area contributed by atoms with Gasteiger partial charge in [-0.05, 0) is 7.05 Å². The molecule has 4 heteroatoms. The Morgan fingerprint density at radius 2 is 1.85 bits per heavy atom. The number of imidazole rings is 1. The normalized spacial score (nSPS) is 19.4. The Bertz CT molecular complexity index is 273. The number of aryl methyl sites for hydroxylation is 1. The molecule has 13 heavy (non-hydrogen) atoms. The Hall–Kier alpha value is -1.03. The molecule has 0 N–H and O–H groups in total. The largest absolute Gasteiger partial charge is 0.354 e. The second-order valence-corrected chi connectivity index (χ2v) is 3.65. The van der Waals surface area contributed by atoms with Gasteiger partial charge in [0, 0.05) is 33.2 Å². The molecular weight excluding hydrogens is 164 g/mol. The summed E-state index contributed by atoms with van der Waals surface area (Å²) in [5.74, 6) is 1.23. The third kappa shape index (κ3) is 1.67. The topological polar surface area (TPSA) is 24.3 Å². The molecule has 0 aromatic carbocycles. The van der Waals surface area contributed by atoms with Crippen LogP contribution in [0.4, 0.5) is 5.82 Å². The number of aromatic nitrogens is 2. The van der Waals surface area contributed by atoms with Gasteiger partial charge in [-0.1, -0.05) is 0 Å². The van der Waals surface area contributed by atoms with Gasteiger partial charge in [-0.2, -0.15) is 0 Å². The third-order valence-electron chi connectivity index (χ3n) is 2.62. The summed E-state index contributed by atoms with van der Waals surface area (Å²) in [4.78, 5) is 8.86. The van der Waals surface area contributed by atoms with E-state index in [9.17, 15) is 0 Å². The second-order valence-electron chi connectivity index (χ2n) is 3.65. The lowest BCUT2D eigenvalue weighted by molar-refractivity contribution is 0.311.